The maximum atomic E-state index is 4.03. The molecule has 80 valence electrons. The Hall–Kier alpha value is -1.90. The summed E-state index contributed by atoms with van der Waals surface area (Å²) in [4.78, 5) is 0. The summed E-state index contributed by atoms with van der Waals surface area (Å²) in [5.41, 5.74) is 1.41. The Morgan fingerprint density at radius 2 is 1.94 bits per heavy atom. The number of hydrogen-bond donors (Lipinski definition) is 1. The second-order valence-corrected chi connectivity index (χ2v) is 4.11. The summed E-state index contributed by atoms with van der Waals surface area (Å²) < 4.78 is 0. The molecule has 1 aromatic heterocycles. The highest BCUT2D eigenvalue weighted by Crippen LogP contribution is 2.42. The molecule has 16 heavy (non-hydrogen) atoms. The molecule has 3 heteroatoms. The van der Waals surface area contributed by atoms with Gasteiger partial charge in [0.25, 0.3) is 0 Å². The lowest BCUT2D eigenvalue weighted by atomic mass is 10.1. The van der Waals surface area contributed by atoms with Crippen LogP contribution in [0.2, 0.25) is 0 Å². The van der Waals surface area contributed by atoms with Crippen LogP contribution in [0.5, 0.6) is 0 Å². The van der Waals surface area contributed by atoms with Crippen molar-refractivity contribution in [1.82, 2.24) is 10.2 Å². The number of benzene rings is 1. The second-order valence-electron chi connectivity index (χ2n) is 4.11. The molecule has 3 nitrogen and oxygen atoms in total. The molecule has 1 aromatic carbocycles. The molecule has 2 aromatic rings. The SMILES string of the molecule is c1ccc(C2CC2Nc2cccnn2)cc1. The molecule has 0 aliphatic heterocycles. The lowest BCUT2D eigenvalue weighted by Crippen LogP contribution is -2.05. The fourth-order valence-corrected chi connectivity index (χ4v) is 1.99. The van der Waals surface area contributed by atoms with Crippen LogP contribution in [0.15, 0.2) is 48.7 Å². The van der Waals surface area contributed by atoms with Gasteiger partial charge in [0, 0.05) is 18.2 Å². The third kappa shape index (κ3) is 1.89. The summed E-state index contributed by atoms with van der Waals surface area (Å²) in [5, 5.41) is 11.3. The van der Waals surface area contributed by atoms with Crippen LogP contribution in [-0.4, -0.2) is 16.2 Å². The van der Waals surface area contributed by atoms with E-state index < -0.39 is 0 Å². The summed E-state index contributed by atoms with van der Waals surface area (Å²) in [5.74, 6) is 1.49. The third-order valence-electron chi connectivity index (χ3n) is 2.92. The van der Waals surface area contributed by atoms with Gasteiger partial charge in [-0.3, -0.25) is 0 Å². The molecule has 0 spiro atoms. The van der Waals surface area contributed by atoms with Crippen LogP contribution in [-0.2, 0) is 0 Å². The van der Waals surface area contributed by atoms with E-state index in [4.69, 9.17) is 0 Å². The first-order chi connectivity index (χ1) is 7.93. The largest absolute Gasteiger partial charge is 0.365 e. The van der Waals surface area contributed by atoms with E-state index in [1.165, 1.54) is 12.0 Å². The zero-order valence-electron chi connectivity index (χ0n) is 8.88. The molecule has 0 amide bonds. The van der Waals surface area contributed by atoms with Crippen LogP contribution in [0.25, 0.3) is 0 Å². The minimum absolute atomic E-state index is 0.513. The highest BCUT2D eigenvalue weighted by molar-refractivity contribution is 5.40. The highest BCUT2D eigenvalue weighted by Gasteiger charge is 2.38. The summed E-state index contributed by atoms with van der Waals surface area (Å²) in [7, 11) is 0. The van der Waals surface area contributed by atoms with Crippen LogP contribution in [0.4, 0.5) is 5.82 Å². The summed E-state index contributed by atoms with van der Waals surface area (Å²) in [6.07, 6.45) is 2.87. The number of hydrogen-bond acceptors (Lipinski definition) is 3. The Bertz CT molecular complexity index is 455. The van der Waals surface area contributed by atoms with Crippen molar-refractivity contribution in [2.75, 3.05) is 5.32 Å². The molecule has 1 heterocycles. The first-order valence-corrected chi connectivity index (χ1v) is 5.53. The zero-order chi connectivity index (χ0) is 10.8. The summed E-state index contributed by atoms with van der Waals surface area (Å²) in [6.45, 7) is 0. The zero-order valence-corrected chi connectivity index (χ0v) is 8.88. The van der Waals surface area contributed by atoms with Crippen molar-refractivity contribution in [2.24, 2.45) is 0 Å². The van der Waals surface area contributed by atoms with Crippen molar-refractivity contribution in [2.45, 2.75) is 18.4 Å². The van der Waals surface area contributed by atoms with Gasteiger partial charge in [0.05, 0.1) is 0 Å². The Labute approximate surface area is 94.5 Å². The number of nitrogens with zero attached hydrogens (tertiary/aromatic N) is 2. The number of nitrogens with one attached hydrogen (secondary N) is 1. The van der Waals surface area contributed by atoms with Crippen LogP contribution in [0, 0.1) is 0 Å². The van der Waals surface area contributed by atoms with E-state index in [9.17, 15) is 0 Å². The van der Waals surface area contributed by atoms with E-state index in [0.29, 0.717) is 12.0 Å². The minimum atomic E-state index is 0.513. The van der Waals surface area contributed by atoms with Crippen molar-refractivity contribution in [3.63, 3.8) is 0 Å². The van der Waals surface area contributed by atoms with E-state index >= 15 is 0 Å². The minimum Gasteiger partial charge on any atom is -0.365 e. The van der Waals surface area contributed by atoms with E-state index in [0.717, 1.165) is 5.82 Å². The van der Waals surface area contributed by atoms with E-state index in [-0.39, 0.29) is 0 Å². The summed E-state index contributed by atoms with van der Waals surface area (Å²) >= 11 is 0. The summed E-state index contributed by atoms with van der Waals surface area (Å²) in [6, 6.07) is 15.0. The molecule has 2 unspecified atom stereocenters. The van der Waals surface area contributed by atoms with E-state index in [1.54, 1.807) is 6.20 Å². The molecule has 1 aliphatic carbocycles. The van der Waals surface area contributed by atoms with Gasteiger partial charge in [-0.15, -0.1) is 5.10 Å². The smallest absolute Gasteiger partial charge is 0.148 e. The van der Waals surface area contributed by atoms with Gasteiger partial charge in [0.15, 0.2) is 0 Å². The van der Waals surface area contributed by atoms with Crippen molar-refractivity contribution < 1.29 is 0 Å². The standard InChI is InChI=1S/C13H13N3/c1-2-5-10(6-3-1)11-9-12(11)15-13-7-4-8-14-16-13/h1-8,11-12H,9H2,(H,15,16). The second kappa shape index (κ2) is 3.93. The Morgan fingerprint density at radius 1 is 1.06 bits per heavy atom. The Balaban J connectivity index is 1.65. The van der Waals surface area contributed by atoms with Crippen LogP contribution < -0.4 is 5.32 Å². The van der Waals surface area contributed by atoms with Gasteiger partial charge in [-0.05, 0) is 24.1 Å². The van der Waals surface area contributed by atoms with Crippen molar-refractivity contribution in [3.8, 4) is 0 Å². The predicted molar refractivity (Wildman–Crippen MR) is 63.2 cm³/mol. The van der Waals surface area contributed by atoms with Gasteiger partial charge in [0.2, 0.25) is 0 Å². The molecule has 0 saturated heterocycles. The van der Waals surface area contributed by atoms with Crippen molar-refractivity contribution in [3.05, 3.63) is 54.2 Å². The fourth-order valence-electron chi connectivity index (χ4n) is 1.99. The van der Waals surface area contributed by atoms with E-state index in [2.05, 4.69) is 45.8 Å². The molecular weight excluding hydrogens is 198 g/mol. The number of rotatable bonds is 3. The first-order valence-electron chi connectivity index (χ1n) is 5.53. The Morgan fingerprint density at radius 3 is 2.69 bits per heavy atom. The highest BCUT2D eigenvalue weighted by atomic mass is 15.2. The van der Waals surface area contributed by atoms with Crippen LogP contribution >= 0.6 is 0 Å². The van der Waals surface area contributed by atoms with Crippen molar-refractivity contribution >= 4 is 5.82 Å². The predicted octanol–water partition coefficient (Wildman–Crippen LogP) is 2.44. The van der Waals surface area contributed by atoms with Gasteiger partial charge in [-0.1, -0.05) is 30.3 Å². The average molecular weight is 211 g/mol. The number of anilines is 1. The number of aromatic nitrogens is 2. The van der Waals surface area contributed by atoms with Gasteiger partial charge >= 0.3 is 0 Å². The maximum absolute atomic E-state index is 4.03. The van der Waals surface area contributed by atoms with E-state index in [1.807, 2.05) is 12.1 Å². The molecule has 1 N–H and O–H groups in total. The molecule has 2 atom stereocenters. The third-order valence-corrected chi connectivity index (χ3v) is 2.92. The molecule has 1 aliphatic rings. The molecular formula is C13H13N3. The van der Waals surface area contributed by atoms with Gasteiger partial charge in [-0.2, -0.15) is 5.10 Å². The van der Waals surface area contributed by atoms with Gasteiger partial charge in [-0.25, -0.2) is 0 Å². The lowest BCUT2D eigenvalue weighted by Gasteiger charge is -2.03. The molecule has 1 fully saturated rings. The Kier molecular flexibility index (Phi) is 2.29. The normalized spacial score (nSPS) is 22.8. The fraction of sp³-hybridized carbons (Fsp3) is 0.231. The van der Waals surface area contributed by atoms with Gasteiger partial charge < -0.3 is 5.32 Å². The topological polar surface area (TPSA) is 37.8 Å². The lowest BCUT2D eigenvalue weighted by molar-refractivity contribution is 0.977. The van der Waals surface area contributed by atoms with Crippen LogP contribution in [0.3, 0.4) is 0 Å². The van der Waals surface area contributed by atoms with Crippen LogP contribution in [0.1, 0.15) is 17.9 Å². The van der Waals surface area contributed by atoms with Crippen molar-refractivity contribution in [1.29, 1.82) is 0 Å². The molecule has 1 saturated carbocycles. The molecule has 0 radical (unpaired) electrons. The monoisotopic (exact) mass is 211 g/mol. The molecule has 3 rings (SSSR count). The van der Waals surface area contributed by atoms with Gasteiger partial charge in [0.1, 0.15) is 5.82 Å². The first kappa shape index (κ1) is 9.33. The quantitative estimate of drug-likeness (QED) is 0.847. The average Bonchev–Trinajstić information content (AvgIpc) is 3.11. The molecule has 0 bridgehead atoms. The maximum Gasteiger partial charge on any atom is 0.148 e.